The van der Waals surface area contributed by atoms with E-state index < -0.39 is 10.0 Å². The highest BCUT2D eigenvalue weighted by molar-refractivity contribution is 7.89. The molecule has 0 aromatic heterocycles. The van der Waals surface area contributed by atoms with E-state index in [2.05, 4.69) is 36.4 Å². The van der Waals surface area contributed by atoms with Crippen LogP contribution in [0.25, 0.3) is 0 Å². The average Bonchev–Trinajstić information content (AvgIpc) is 2.52. The lowest BCUT2D eigenvalue weighted by Gasteiger charge is -2.20. The second-order valence-electron chi connectivity index (χ2n) is 6.30. The average molecular weight is 355 g/mol. The summed E-state index contributed by atoms with van der Waals surface area (Å²) in [6, 6.07) is 7.16. The fourth-order valence-corrected chi connectivity index (χ4v) is 2.75. The Balaban J connectivity index is 2.83. The monoisotopic (exact) mass is 354 g/mol. The number of sulfonamides is 1. The molecule has 0 amide bonds. The Bertz CT molecular complexity index is 637. The van der Waals surface area contributed by atoms with Crippen LogP contribution in [0, 0.1) is 5.92 Å². The van der Waals surface area contributed by atoms with Gasteiger partial charge in [0.25, 0.3) is 0 Å². The molecule has 1 atom stereocenters. The normalized spacial score (nSPS) is 14.1. The molecule has 0 bridgehead atoms. The van der Waals surface area contributed by atoms with Gasteiger partial charge in [-0.1, -0.05) is 26.0 Å². The van der Waals surface area contributed by atoms with Crippen molar-refractivity contribution in [1.29, 1.82) is 0 Å². The number of hydrogen-bond acceptors (Lipinski definition) is 3. The van der Waals surface area contributed by atoms with Gasteiger partial charge in [0, 0.05) is 26.7 Å². The van der Waals surface area contributed by atoms with E-state index in [-0.39, 0.29) is 0 Å². The molecule has 1 rings (SSSR count). The van der Waals surface area contributed by atoms with Crippen molar-refractivity contribution >= 4 is 16.0 Å². The van der Waals surface area contributed by atoms with E-state index in [9.17, 15) is 8.42 Å². The topological polar surface area (TPSA) is 73.8 Å². The van der Waals surface area contributed by atoms with Gasteiger partial charge in [-0.25, -0.2) is 17.7 Å². The Labute approximate surface area is 146 Å². The summed E-state index contributed by atoms with van der Waals surface area (Å²) in [5.41, 5.74) is 0.960. The molecule has 136 valence electrons. The Hall–Kier alpha value is -1.60. The lowest BCUT2D eigenvalue weighted by Crippen LogP contribution is -2.44. The molecule has 0 aliphatic rings. The van der Waals surface area contributed by atoms with Gasteiger partial charge in [0.15, 0.2) is 5.96 Å². The summed E-state index contributed by atoms with van der Waals surface area (Å²) in [4.78, 5) is 4.86. The van der Waals surface area contributed by atoms with Crippen LogP contribution in [-0.4, -0.2) is 45.4 Å². The van der Waals surface area contributed by atoms with Gasteiger partial charge in [-0.15, -0.1) is 0 Å². The van der Waals surface area contributed by atoms with E-state index in [0.717, 1.165) is 18.1 Å². The van der Waals surface area contributed by atoms with Crippen molar-refractivity contribution < 1.29 is 8.42 Å². The first-order chi connectivity index (χ1) is 11.2. The molecule has 2 N–H and O–H groups in total. The van der Waals surface area contributed by atoms with Crippen LogP contribution in [0.5, 0.6) is 0 Å². The molecular formula is C17H30N4O2S. The molecule has 0 fully saturated rings. The maximum atomic E-state index is 12.1. The van der Waals surface area contributed by atoms with E-state index in [1.165, 1.54) is 18.4 Å². The summed E-state index contributed by atoms with van der Waals surface area (Å²) < 4.78 is 25.3. The van der Waals surface area contributed by atoms with Crippen molar-refractivity contribution in [1.82, 2.24) is 14.9 Å². The van der Waals surface area contributed by atoms with Crippen LogP contribution in [-0.2, 0) is 16.6 Å². The molecule has 7 heteroatoms. The molecule has 1 aromatic rings. The van der Waals surface area contributed by atoms with Crippen LogP contribution >= 0.6 is 0 Å². The molecule has 0 aliphatic carbocycles. The van der Waals surface area contributed by atoms with Crippen LogP contribution in [0.2, 0.25) is 0 Å². The summed E-state index contributed by atoms with van der Waals surface area (Å²) in [7, 11) is -0.335. The Kier molecular flexibility index (Phi) is 7.69. The van der Waals surface area contributed by atoms with Crippen LogP contribution < -0.4 is 10.6 Å². The van der Waals surface area contributed by atoms with Crippen molar-refractivity contribution in [2.75, 3.05) is 20.6 Å². The maximum Gasteiger partial charge on any atom is 0.242 e. The number of nitrogens with zero attached hydrogens (tertiary/aromatic N) is 2. The fraction of sp³-hybridized carbons (Fsp3) is 0.588. The van der Waals surface area contributed by atoms with Crippen LogP contribution in [0.4, 0.5) is 0 Å². The Morgan fingerprint density at radius 3 is 2.21 bits per heavy atom. The number of hydrogen-bond donors (Lipinski definition) is 2. The lowest BCUT2D eigenvalue weighted by molar-refractivity contribution is 0.481. The molecule has 0 aliphatic heterocycles. The zero-order valence-electron chi connectivity index (χ0n) is 15.5. The van der Waals surface area contributed by atoms with Gasteiger partial charge >= 0.3 is 0 Å². The van der Waals surface area contributed by atoms with Crippen molar-refractivity contribution in [2.45, 2.75) is 45.2 Å². The molecule has 6 nitrogen and oxygen atoms in total. The van der Waals surface area contributed by atoms with E-state index >= 15 is 0 Å². The smallest absolute Gasteiger partial charge is 0.242 e. The van der Waals surface area contributed by atoms with Crippen molar-refractivity contribution in [2.24, 2.45) is 10.9 Å². The zero-order chi connectivity index (χ0) is 18.3. The minimum Gasteiger partial charge on any atom is -0.357 e. The minimum absolute atomic E-state index is 0.290. The molecule has 1 unspecified atom stereocenters. The molecule has 1 aromatic carbocycles. The quantitative estimate of drug-likeness (QED) is 0.580. The first-order valence-electron chi connectivity index (χ1n) is 8.24. The third kappa shape index (κ3) is 5.79. The van der Waals surface area contributed by atoms with E-state index in [0.29, 0.717) is 23.4 Å². The minimum atomic E-state index is -3.39. The van der Waals surface area contributed by atoms with Gasteiger partial charge in [0.2, 0.25) is 10.0 Å². The predicted molar refractivity (Wildman–Crippen MR) is 99.6 cm³/mol. The summed E-state index contributed by atoms with van der Waals surface area (Å²) >= 11 is 0. The predicted octanol–water partition coefficient (Wildman–Crippen LogP) is 2.04. The van der Waals surface area contributed by atoms with Crippen LogP contribution in [0.3, 0.4) is 0 Å². The second-order valence-corrected chi connectivity index (χ2v) is 8.46. The summed E-state index contributed by atoms with van der Waals surface area (Å²) in [6.45, 7) is 9.74. The maximum absolute atomic E-state index is 12.1. The first-order valence-corrected chi connectivity index (χ1v) is 9.68. The zero-order valence-corrected chi connectivity index (χ0v) is 16.3. The van der Waals surface area contributed by atoms with E-state index in [1.807, 2.05) is 6.92 Å². The number of benzene rings is 1. The van der Waals surface area contributed by atoms with E-state index in [4.69, 9.17) is 0 Å². The van der Waals surface area contributed by atoms with Crippen molar-refractivity contribution in [3.8, 4) is 0 Å². The van der Waals surface area contributed by atoms with Crippen molar-refractivity contribution in [3.05, 3.63) is 29.8 Å². The van der Waals surface area contributed by atoms with Crippen LogP contribution in [0.1, 0.15) is 33.3 Å². The highest BCUT2D eigenvalue weighted by Gasteiger charge is 2.16. The number of nitrogens with one attached hydrogen (secondary N) is 2. The summed E-state index contributed by atoms with van der Waals surface area (Å²) in [6.07, 6.45) is 0. The van der Waals surface area contributed by atoms with E-state index in [1.54, 1.807) is 24.3 Å². The first kappa shape index (κ1) is 20.4. The SMILES string of the molecule is CCNC(=NCc1ccc(S(=O)(=O)N(C)C)cc1)NC(C)C(C)C. The highest BCUT2D eigenvalue weighted by atomic mass is 32.2. The Morgan fingerprint density at radius 2 is 1.75 bits per heavy atom. The fourth-order valence-electron chi connectivity index (χ4n) is 1.85. The van der Waals surface area contributed by atoms with Gasteiger partial charge in [0.1, 0.15) is 0 Å². The molecule has 0 radical (unpaired) electrons. The number of guanidine groups is 1. The molecule has 0 spiro atoms. The molecular weight excluding hydrogens is 324 g/mol. The third-order valence-corrected chi connectivity index (χ3v) is 5.66. The largest absolute Gasteiger partial charge is 0.357 e. The van der Waals surface area contributed by atoms with Gasteiger partial charge in [0.05, 0.1) is 11.4 Å². The lowest BCUT2D eigenvalue weighted by atomic mass is 10.1. The van der Waals surface area contributed by atoms with Gasteiger partial charge in [-0.3, -0.25) is 0 Å². The van der Waals surface area contributed by atoms with Gasteiger partial charge in [-0.2, -0.15) is 0 Å². The second kappa shape index (κ2) is 9.03. The standard InChI is InChI=1S/C17H30N4O2S/c1-7-18-17(20-14(4)13(2)3)19-12-15-8-10-16(11-9-15)24(22,23)21(5)6/h8-11,13-14H,7,12H2,1-6H3,(H2,18,19,20). The van der Waals surface area contributed by atoms with Gasteiger partial charge < -0.3 is 10.6 Å². The third-order valence-electron chi connectivity index (χ3n) is 3.83. The number of aliphatic imine (C=N–C) groups is 1. The highest BCUT2D eigenvalue weighted by Crippen LogP contribution is 2.14. The summed E-state index contributed by atoms with van der Waals surface area (Å²) in [5.74, 6) is 1.27. The molecule has 0 heterocycles. The van der Waals surface area contributed by atoms with Gasteiger partial charge in [-0.05, 0) is 37.5 Å². The summed E-state index contributed by atoms with van der Waals surface area (Å²) in [5, 5.41) is 6.60. The molecule has 24 heavy (non-hydrogen) atoms. The Morgan fingerprint density at radius 1 is 1.17 bits per heavy atom. The van der Waals surface area contributed by atoms with Crippen molar-refractivity contribution in [3.63, 3.8) is 0 Å². The molecule has 0 saturated heterocycles. The van der Waals surface area contributed by atoms with Crippen LogP contribution in [0.15, 0.2) is 34.2 Å². The number of rotatable bonds is 7. The molecule has 0 saturated carbocycles.